The van der Waals surface area contributed by atoms with E-state index in [0.29, 0.717) is 0 Å². The maximum absolute atomic E-state index is 12.9. The Labute approximate surface area is 168 Å². The van der Waals surface area contributed by atoms with Crippen LogP contribution in [0, 0.1) is 5.82 Å². The minimum Gasteiger partial charge on any atom is -0.439 e. The molecule has 1 N–H and O–H groups in total. The van der Waals surface area contributed by atoms with Crippen LogP contribution in [0.4, 0.5) is 17.6 Å². The van der Waals surface area contributed by atoms with Crippen LogP contribution in [0.25, 0.3) is 0 Å². The number of hydrogen-bond acceptors (Lipinski definition) is 5. The third-order valence-electron chi connectivity index (χ3n) is 3.69. The van der Waals surface area contributed by atoms with E-state index < -0.39 is 33.5 Å². The number of carbonyl (C=O) groups is 1. The van der Waals surface area contributed by atoms with Crippen molar-refractivity contribution in [1.29, 1.82) is 0 Å². The third-order valence-corrected chi connectivity index (χ3v) is 5.04. The van der Waals surface area contributed by atoms with E-state index >= 15 is 0 Å². The summed E-state index contributed by atoms with van der Waals surface area (Å²) in [6.07, 6.45) is -4.57. The molecule has 0 aliphatic rings. The highest BCUT2D eigenvalue weighted by atomic mass is 32.2. The fourth-order valence-electron chi connectivity index (χ4n) is 2.30. The number of nitrogens with zero attached hydrogens (tertiary/aromatic N) is 1. The van der Waals surface area contributed by atoms with Crippen molar-refractivity contribution >= 4 is 15.9 Å². The van der Waals surface area contributed by atoms with Gasteiger partial charge in [0.05, 0.1) is 10.5 Å². The van der Waals surface area contributed by atoms with Gasteiger partial charge in [0.2, 0.25) is 5.88 Å². The maximum Gasteiger partial charge on any atom is 0.416 e. The molecule has 0 unspecified atom stereocenters. The summed E-state index contributed by atoms with van der Waals surface area (Å²) in [6.45, 7) is 0. The summed E-state index contributed by atoms with van der Waals surface area (Å²) in [6, 6.07) is 11.6. The molecule has 0 saturated heterocycles. The van der Waals surface area contributed by atoms with Gasteiger partial charge in [0, 0.05) is 6.07 Å². The molecule has 0 aliphatic carbocycles. The summed E-state index contributed by atoms with van der Waals surface area (Å²) in [7, 11) is -4.29. The van der Waals surface area contributed by atoms with E-state index in [-0.39, 0.29) is 22.2 Å². The van der Waals surface area contributed by atoms with Crippen LogP contribution in [0.15, 0.2) is 71.6 Å². The number of sulfonamides is 1. The zero-order chi connectivity index (χ0) is 21.9. The number of benzene rings is 2. The van der Waals surface area contributed by atoms with Gasteiger partial charge in [-0.3, -0.25) is 4.79 Å². The van der Waals surface area contributed by atoms with Crippen molar-refractivity contribution in [3.8, 4) is 11.6 Å². The molecule has 0 aliphatic heterocycles. The van der Waals surface area contributed by atoms with Crippen molar-refractivity contribution in [2.24, 2.45) is 0 Å². The van der Waals surface area contributed by atoms with Gasteiger partial charge in [-0.1, -0.05) is 12.1 Å². The molecule has 0 spiro atoms. The van der Waals surface area contributed by atoms with Gasteiger partial charge in [0.15, 0.2) is 0 Å². The smallest absolute Gasteiger partial charge is 0.416 e. The SMILES string of the molecule is O=C(NS(=O)(=O)c1ccc(F)cc1)c1cccc(Oc2cccc(C(F)(F)F)c2)n1. The number of pyridine rings is 1. The summed E-state index contributed by atoms with van der Waals surface area (Å²) >= 11 is 0. The number of halogens is 4. The monoisotopic (exact) mass is 440 g/mol. The number of nitrogens with one attached hydrogen (secondary N) is 1. The molecule has 30 heavy (non-hydrogen) atoms. The predicted molar refractivity (Wildman–Crippen MR) is 96.8 cm³/mol. The minimum absolute atomic E-state index is 0.172. The van der Waals surface area contributed by atoms with E-state index in [1.54, 1.807) is 4.72 Å². The van der Waals surface area contributed by atoms with Crippen LogP contribution < -0.4 is 9.46 Å². The van der Waals surface area contributed by atoms with Gasteiger partial charge < -0.3 is 4.74 Å². The highest BCUT2D eigenvalue weighted by molar-refractivity contribution is 7.90. The first-order chi connectivity index (χ1) is 14.0. The van der Waals surface area contributed by atoms with E-state index in [4.69, 9.17) is 4.74 Å². The summed E-state index contributed by atoms with van der Waals surface area (Å²) in [5.41, 5.74) is -1.29. The van der Waals surface area contributed by atoms with Crippen LogP contribution in [-0.4, -0.2) is 19.3 Å². The Hall–Kier alpha value is -3.47. The first-order valence-electron chi connectivity index (χ1n) is 8.19. The largest absolute Gasteiger partial charge is 0.439 e. The van der Waals surface area contributed by atoms with Gasteiger partial charge in [0.25, 0.3) is 15.9 Å². The molecular weight excluding hydrogens is 428 g/mol. The second-order valence-electron chi connectivity index (χ2n) is 5.88. The average molecular weight is 440 g/mol. The molecule has 0 bridgehead atoms. The Bertz CT molecular complexity index is 1180. The summed E-state index contributed by atoms with van der Waals surface area (Å²) in [4.78, 5) is 15.7. The molecule has 6 nitrogen and oxygen atoms in total. The van der Waals surface area contributed by atoms with Crippen molar-refractivity contribution in [1.82, 2.24) is 9.71 Å². The van der Waals surface area contributed by atoms with Crippen LogP contribution in [0.1, 0.15) is 16.1 Å². The second-order valence-corrected chi connectivity index (χ2v) is 7.56. The molecule has 1 amide bonds. The summed E-state index contributed by atoms with van der Waals surface area (Å²) < 4.78 is 82.8. The van der Waals surface area contributed by atoms with E-state index in [1.165, 1.54) is 24.3 Å². The molecule has 3 aromatic rings. The van der Waals surface area contributed by atoms with Gasteiger partial charge in [-0.2, -0.15) is 13.2 Å². The number of rotatable bonds is 5. The predicted octanol–water partition coefficient (Wildman–Crippen LogP) is 4.15. The Morgan fingerprint density at radius 3 is 2.30 bits per heavy atom. The lowest BCUT2D eigenvalue weighted by molar-refractivity contribution is -0.137. The summed E-state index contributed by atoms with van der Waals surface area (Å²) in [5, 5.41) is 0. The maximum atomic E-state index is 12.9. The van der Waals surface area contributed by atoms with Gasteiger partial charge in [0.1, 0.15) is 17.3 Å². The number of alkyl halides is 3. The fraction of sp³-hybridized carbons (Fsp3) is 0.0526. The third kappa shape index (κ3) is 5.11. The molecule has 3 rings (SSSR count). The van der Waals surface area contributed by atoms with Crippen molar-refractivity contribution in [2.75, 3.05) is 0 Å². The molecule has 0 atom stereocenters. The zero-order valence-corrected chi connectivity index (χ0v) is 15.7. The Balaban J connectivity index is 1.78. The first kappa shape index (κ1) is 21.2. The average Bonchev–Trinajstić information content (AvgIpc) is 2.68. The van der Waals surface area contributed by atoms with E-state index in [0.717, 1.165) is 42.5 Å². The lowest BCUT2D eigenvalue weighted by Crippen LogP contribution is -2.31. The molecule has 11 heteroatoms. The molecule has 156 valence electrons. The normalized spacial score (nSPS) is 11.7. The van der Waals surface area contributed by atoms with Crippen LogP contribution in [0.2, 0.25) is 0 Å². The highest BCUT2D eigenvalue weighted by Gasteiger charge is 2.30. The second kappa shape index (κ2) is 8.11. The quantitative estimate of drug-likeness (QED) is 0.603. The molecule has 0 saturated carbocycles. The lowest BCUT2D eigenvalue weighted by atomic mass is 10.2. The van der Waals surface area contributed by atoms with Gasteiger partial charge in [-0.15, -0.1) is 0 Å². The minimum atomic E-state index is -4.57. The van der Waals surface area contributed by atoms with Gasteiger partial charge in [-0.25, -0.2) is 22.5 Å². The number of amides is 1. The topological polar surface area (TPSA) is 85.4 Å². The molecular formula is C19H12F4N2O4S. The Morgan fingerprint density at radius 2 is 1.63 bits per heavy atom. The van der Waals surface area contributed by atoms with E-state index in [9.17, 15) is 30.8 Å². The van der Waals surface area contributed by atoms with Crippen molar-refractivity contribution in [3.63, 3.8) is 0 Å². The lowest BCUT2D eigenvalue weighted by Gasteiger charge is -2.10. The number of carbonyl (C=O) groups excluding carboxylic acids is 1. The van der Waals surface area contributed by atoms with Gasteiger partial charge >= 0.3 is 6.18 Å². The first-order valence-corrected chi connectivity index (χ1v) is 9.68. The fourth-order valence-corrected chi connectivity index (χ4v) is 3.26. The standard InChI is InChI=1S/C19H12F4N2O4S/c20-13-7-9-15(10-8-13)30(27,28)25-18(26)16-5-2-6-17(24-16)29-14-4-1-3-12(11-14)19(21,22)23/h1-11H,(H,25,26). The van der Waals surface area contributed by atoms with Crippen molar-refractivity contribution in [2.45, 2.75) is 11.1 Å². The molecule has 1 heterocycles. The molecule has 0 radical (unpaired) electrons. The van der Waals surface area contributed by atoms with Crippen LogP contribution in [0.3, 0.4) is 0 Å². The van der Waals surface area contributed by atoms with E-state index in [2.05, 4.69) is 4.98 Å². The number of aromatic nitrogens is 1. The van der Waals surface area contributed by atoms with Crippen LogP contribution >= 0.6 is 0 Å². The molecule has 1 aromatic heterocycles. The highest BCUT2D eigenvalue weighted by Crippen LogP contribution is 2.32. The zero-order valence-electron chi connectivity index (χ0n) is 14.9. The van der Waals surface area contributed by atoms with Crippen molar-refractivity contribution < 1.29 is 35.5 Å². The molecule has 2 aromatic carbocycles. The molecule has 0 fully saturated rings. The van der Waals surface area contributed by atoms with Crippen LogP contribution in [-0.2, 0) is 16.2 Å². The number of hydrogen-bond donors (Lipinski definition) is 1. The Kier molecular flexibility index (Phi) is 5.74. The van der Waals surface area contributed by atoms with Gasteiger partial charge in [-0.05, 0) is 48.5 Å². The Morgan fingerprint density at radius 1 is 0.967 bits per heavy atom. The summed E-state index contributed by atoms with van der Waals surface area (Å²) in [5.74, 6) is -2.15. The van der Waals surface area contributed by atoms with Crippen LogP contribution in [0.5, 0.6) is 11.6 Å². The van der Waals surface area contributed by atoms with E-state index in [1.807, 2.05) is 0 Å². The van der Waals surface area contributed by atoms with Crippen molar-refractivity contribution in [3.05, 3.63) is 83.8 Å². The number of ether oxygens (including phenoxy) is 1.